The molecule has 1 saturated heterocycles. The lowest BCUT2D eigenvalue weighted by molar-refractivity contribution is -0.122. The van der Waals surface area contributed by atoms with E-state index in [9.17, 15) is 22.8 Å². The first kappa shape index (κ1) is 27.3. The van der Waals surface area contributed by atoms with Crippen molar-refractivity contribution in [3.63, 3.8) is 0 Å². The monoisotopic (exact) mass is 557 g/mol. The molecule has 0 bridgehead atoms. The van der Waals surface area contributed by atoms with Crippen molar-refractivity contribution in [3.05, 3.63) is 35.4 Å². The average molecular weight is 558 g/mol. The lowest BCUT2D eigenvalue weighted by Crippen LogP contribution is -2.53. The molecule has 1 aliphatic heterocycles. The molecule has 0 aromatic carbocycles. The van der Waals surface area contributed by atoms with Gasteiger partial charge in [-0.2, -0.15) is 0 Å². The van der Waals surface area contributed by atoms with Crippen molar-refractivity contribution in [1.29, 1.82) is 0 Å². The zero-order valence-electron chi connectivity index (χ0n) is 22.5. The summed E-state index contributed by atoms with van der Waals surface area (Å²) in [5.41, 5.74) is 0.674. The van der Waals surface area contributed by atoms with Gasteiger partial charge in [-0.25, -0.2) is 23.1 Å². The van der Waals surface area contributed by atoms with Gasteiger partial charge >= 0.3 is 0 Å². The summed E-state index contributed by atoms with van der Waals surface area (Å²) in [6.45, 7) is 3.65. The number of rotatable bonds is 9. The largest absolute Gasteiger partial charge is 0.344 e. The van der Waals surface area contributed by atoms with Crippen molar-refractivity contribution in [2.45, 2.75) is 70.9 Å². The van der Waals surface area contributed by atoms with E-state index in [0.717, 1.165) is 38.3 Å². The minimum Gasteiger partial charge on any atom is -0.344 e. The first-order valence-corrected chi connectivity index (χ1v) is 15.1. The zero-order chi connectivity index (χ0) is 28.1. The highest BCUT2D eigenvalue weighted by Crippen LogP contribution is 2.59. The van der Waals surface area contributed by atoms with Gasteiger partial charge < -0.3 is 16.0 Å². The average Bonchev–Trinajstić information content (AvgIpc) is 3.79. The van der Waals surface area contributed by atoms with Gasteiger partial charge in [-0.3, -0.25) is 19.3 Å². The van der Waals surface area contributed by atoms with Crippen LogP contribution in [0.2, 0.25) is 0 Å². The lowest BCUT2D eigenvalue weighted by atomic mass is 9.79. The van der Waals surface area contributed by atoms with Crippen LogP contribution >= 0.6 is 0 Å². The Hall–Kier alpha value is -3.32. The molecular formula is C26H35N7O5S. The fourth-order valence-electron chi connectivity index (χ4n) is 5.69. The summed E-state index contributed by atoms with van der Waals surface area (Å²) in [6.07, 6.45) is 12.1. The molecule has 13 heteroatoms. The number of hydrogen-bond acceptors (Lipinski definition) is 8. The van der Waals surface area contributed by atoms with E-state index in [0.29, 0.717) is 41.0 Å². The Balaban J connectivity index is 1.26. The molecular weight excluding hydrogens is 522 g/mol. The van der Waals surface area contributed by atoms with Crippen LogP contribution in [0.1, 0.15) is 65.2 Å². The number of amides is 3. The Labute approximate surface area is 228 Å². The van der Waals surface area contributed by atoms with Crippen LogP contribution in [-0.2, 0) is 24.4 Å². The van der Waals surface area contributed by atoms with Gasteiger partial charge in [-0.15, -0.1) is 0 Å². The van der Waals surface area contributed by atoms with Crippen LogP contribution in [0, 0.1) is 10.8 Å². The van der Waals surface area contributed by atoms with E-state index in [-0.39, 0.29) is 24.2 Å². The topological polar surface area (TPSA) is 162 Å². The van der Waals surface area contributed by atoms with E-state index in [1.165, 1.54) is 19.2 Å². The molecule has 4 aliphatic rings. The first-order chi connectivity index (χ1) is 18.4. The van der Waals surface area contributed by atoms with Gasteiger partial charge in [-0.05, 0) is 82.3 Å². The van der Waals surface area contributed by atoms with Crippen LogP contribution in [0.3, 0.4) is 0 Å². The van der Waals surface area contributed by atoms with Gasteiger partial charge in [0.05, 0.1) is 11.7 Å². The SMILES string of the molecule is CC(/C=C(\C)Nc1cc(NC(=O)C2(CNS(C)(=O)=O)CC2)ncn1)=C1\C(=O)NC2(CCC3(CC3)CC2)N1C=O. The predicted octanol–water partition coefficient (Wildman–Crippen LogP) is 1.97. The van der Waals surface area contributed by atoms with Crippen LogP contribution in [0.5, 0.6) is 0 Å². The van der Waals surface area contributed by atoms with E-state index in [1.807, 2.05) is 6.92 Å². The zero-order valence-corrected chi connectivity index (χ0v) is 23.3. The Kier molecular flexibility index (Phi) is 6.78. The van der Waals surface area contributed by atoms with Crippen molar-refractivity contribution in [1.82, 2.24) is 24.9 Å². The fraction of sp³-hybridized carbons (Fsp3) is 0.577. The quantitative estimate of drug-likeness (QED) is 0.265. The minimum absolute atomic E-state index is 0.0389. The van der Waals surface area contributed by atoms with Crippen molar-refractivity contribution in [2.24, 2.45) is 10.8 Å². The van der Waals surface area contributed by atoms with E-state index in [4.69, 9.17) is 0 Å². The van der Waals surface area contributed by atoms with Crippen molar-refractivity contribution in [2.75, 3.05) is 23.4 Å². The summed E-state index contributed by atoms with van der Waals surface area (Å²) in [6, 6.07) is 1.57. The number of aromatic nitrogens is 2. The van der Waals surface area contributed by atoms with Crippen LogP contribution in [0.15, 0.2) is 35.4 Å². The maximum atomic E-state index is 13.0. The standard InChI is InChI=1S/C26H35N7O5S/c1-17(21-22(35)32-26(33(21)16-34)10-6-24(4-5-24)7-11-26)12-18(2)30-19-13-20(28-15-27-19)31-23(36)25(8-9-25)14-29-39(3,37)38/h12-13,15-16,29H,4-11,14H2,1-3H3,(H,32,35)(H2,27,28,30,31,36)/b18-12+,21-17-. The minimum atomic E-state index is -3.40. The molecule has 3 saturated carbocycles. The highest BCUT2D eigenvalue weighted by molar-refractivity contribution is 7.88. The first-order valence-electron chi connectivity index (χ1n) is 13.2. The fourth-order valence-corrected chi connectivity index (χ4v) is 6.23. The number of allylic oxidation sites excluding steroid dienone is 3. The van der Waals surface area contributed by atoms with Crippen molar-refractivity contribution < 1.29 is 22.8 Å². The highest BCUT2D eigenvalue weighted by Gasteiger charge is 2.56. The maximum absolute atomic E-state index is 13.0. The lowest BCUT2D eigenvalue weighted by Gasteiger charge is -2.41. The molecule has 0 radical (unpaired) electrons. The molecule has 12 nitrogen and oxygen atoms in total. The van der Waals surface area contributed by atoms with Gasteiger partial charge in [0.1, 0.15) is 29.3 Å². The second kappa shape index (κ2) is 9.70. The van der Waals surface area contributed by atoms with Gasteiger partial charge in [0, 0.05) is 18.3 Å². The van der Waals surface area contributed by atoms with Gasteiger partial charge in [0.25, 0.3) is 5.91 Å². The third-order valence-electron chi connectivity index (χ3n) is 8.51. The molecule has 3 aliphatic carbocycles. The Bertz CT molecular complexity index is 1370. The Morgan fingerprint density at radius 1 is 1.05 bits per heavy atom. The van der Waals surface area contributed by atoms with E-state index < -0.39 is 21.1 Å². The predicted molar refractivity (Wildman–Crippen MR) is 144 cm³/mol. The van der Waals surface area contributed by atoms with E-state index >= 15 is 0 Å². The maximum Gasteiger partial charge on any atom is 0.270 e. The Morgan fingerprint density at radius 2 is 1.67 bits per heavy atom. The van der Waals surface area contributed by atoms with Gasteiger partial charge in [-0.1, -0.05) is 0 Å². The molecule has 4 fully saturated rings. The van der Waals surface area contributed by atoms with Crippen molar-refractivity contribution >= 4 is 39.9 Å². The number of nitrogens with zero attached hydrogens (tertiary/aromatic N) is 3. The van der Waals surface area contributed by atoms with Crippen LogP contribution < -0.4 is 20.7 Å². The molecule has 2 heterocycles. The summed E-state index contributed by atoms with van der Waals surface area (Å²) < 4.78 is 25.3. The van der Waals surface area contributed by atoms with E-state index in [1.54, 1.807) is 24.0 Å². The van der Waals surface area contributed by atoms with Crippen molar-refractivity contribution in [3.8, 4) is 0 Å². The third-order valence-corrected chi connectivity index (χ3v) is 9.18. The van der Waals surface area contributed by atoms with Gasteiger partial charge in [0.15, 0.2) is 0 Å². The number of hydrogen-bond donors (Lipinski definition) is 4. The second-order valence-electron chi connectivity index (χ2n) is 11.6. The second-order valence-corrected chi connectivity index (χ2v) is 13.4. The summed E-state index contributed by atoms with van der Waals surface area (Å²) in [5.74, 6) is 0.150. The number of nitrogens with one attached hydrogen (secondary N) is 4. The summed E-state index contributed by atoms with van der Waals surface area (Å²) in [4.78, 5) is 47.8. The van der Waals surface area contributed by atoms with Crippen LogP contribution in [0.25, 0.3) is 0 Å². The van der Waals surface area contributed by atoms with E-state index in [2.05, 4.69) is 30.6 Å². The van der Waals surface area contributed by atoms with Gasteiger partial charge in [0.2, 0.25) is 22.3 Å². The molecule has 1 aromatic heterocycles. The number of anilines is 2. The van der Waals surface area contributed by atoms with Crippen LogP contribution in [0.4, 0.5) is 11.6 Å². The summed E-state index contributed by atoms with van der Waals surface area (Å²) in [5, 5.41) is 8.99. The molecule has 0 unspecified atom stereocenters. The summed E-state index contributed by atoms with van der Waals surface area (Å²) >= 11 is 0. The molecule has 3 amide bonds. The van der Waals surface area contributed by atoms with Crippen LogP contribution in [-0.4, -0.2) is 60.0 Å². The highest BCUT2D eigenvalue weighted by atomic mass is 32.2. The Morgan fingerprint density at radius 3 is 2.23 bits per heavy atom. The molecule has 4 N–H and O–H groups in total. The number of sulfonamides is 1. The number of carbonyl (C=O) groups is 3. The number of carbonyl (C=O) groups excluding carboxylic acids is 3. The molecule has 5 rings (SSSR count). The summed E-state index contributed by atoms with van der Waals surface area (Å²) in [7, 11) is -3.40. The third kappa shape index (κ3) is 5.69. The smallest absolute Gasteiger partial charge is 0.270 e. The normalized spacial score (nSPS) is 23.8. The molecule has 39 heavy (non-hydrogen) atoms. The molecule has 0 atom stereocenters. The molecule has 1 aromatic rings. The molecule has 2 spiro atoms. The molecule has 210 valence electrons.